The molecular formula is C11H17N. The van der Waals surface area contributed by atoms with Crippen LogP contribution in [0.2, 0.25) is 0 Å². The molecule has 2 N–H and O–H groups in total. The van der Waals surface area contributed by atoms with Gasteiger partial charge in [-0.25, -0.2) is 0 Å². The maximum absolute atomic E-state index is 5.20. The van der Waals surface area contributed by atoms with Gasteiger partial charge in [0.05, 0.1) is 0 Å². The van der Waals surface area contributed by atoms with Crippen LogP contribution in [0.1, 0.15) is 25.7 Å². The first-order valence-electron chi connectivity index (χ1n) is 4.62. The van der Waals surface area contributed by atoms with Crippen molar-refractivity contribution >= 4 is 0 Å². The largest absolute Gasteiger partial charge is 0.405 e. The Morgan fingerprint density at radius 2 is 2.25 bits per heavy atom. The van der Waals surface area contributed by atoms with E-state index in [1.165, 1.54) is 25.7 Å². The predicted octanol–water partition coefficient (Wildman–Crippen LogP) is 2.76. The summed E-state index contributed by atoms with van der Waals surface area (Å²) in [7, 11) is 0. The van der Waals surface area contributed by atoms with E-state index >= 15 is 0 Å². The Balaban J connectivity index is 2.18. The van der Waals surface area contributed by atoms with Crippen LogP contribution in [0.5, 0.6) is 0 Å². The van der Waals surface area contributed by atoms with E-state index in [2.05, 4.69) is 18.2 Å². The lowest BCUT2D eigenvalue weighted by Gasteiger charge is -2.14. The second kappa shape index (κ2) is 5.64. The highest BCUT2D eigenvalue weighted by molar-refractivity contribution is 5.02. The summed E-state index contributed by atoms with van der Waals surface area (Å²) in [5.41, 5.74) is 5.20. The molecule has 0 heterocycles. The summed E-state index contributed by atoms with van der Waals surface area (Å²) >= 11 is 0. The fraction of sp³-hybridized carbons (Fsp3) is 0.455. The highest BCUT2D eigenvalue weighted by Crippen LogP contribution is 2.21. The molecule has 0 amide bonds. The summed E-state index contributed by atoms with van der Waals surface area (Å²) < 4.78 is 0. The zero-order valence-corrected chi connectivity index (χ0v) is 7.45. The van der Waals surface area contributed by atoms with Crippen molar-refractivity contribution in [3.8, 4) is 0 Å². The normalized spacial score (nSPS) is 24.2. The molecule has 1 aliphatic carbocycles. The van der Waals surface area contributed by atoms with Gasteiger partial charge in [-0.05, 0) is 43.9 Å². The number of allylic oxidation sites excluding steroid dienone is 5. The standard InChI is InChI=1S/C11H17N/c12-10-6-2-5-9-11-7-3-1-4-8-11/h1-3,5-6,10-11H,4,7-9,12H2/b5-2-,10-6-. The molecule has 66 valence electrons. The molecule has 0 radical (unpaired) electrons. The maximum atomic E-state index is 5.20. The van der Waals surface area contributed by atoms with E-state index in [9.17, 15) is 0 Å². The van der Waals surface area contributed by atoms with Gasteiger partial charge in [-0.2, -0.15) is 0 Å². The summed E-state index contributed by atoms with van der Waals surface area (Å²) in [5.74, 6) is 0.859. The van der Waals surface area contributed by atoms with Crippen LogP contribution in [0.4, 0.5) is 0 Å². The van der Waals surface area contributed by atoms with Crippen LogP contribution in [0, 0.1) is 5.92 Å². The molecule has 1 atom stereocenters. The Morgan fingerprint density at radius 3 is 2.92 bits per heavy atom. The lowest BCUT2D eigenvalue weighted by Crippen LogP contribution is -2.00. The fourth-order valence-electron chi connectivity index (χ4n) is 1.48. The van der Waals surface area contributed by atoms with Crippen molar-refractivity contribution in [3.05, 3.63) is 36.6 Å². The lowest BCUT2D eigenvalue weighted by molar-refractivity contribution is 0.486. The van der Waals surface area contributed by atoms with Gasteiger partial charge in [0.2, 0.25) is 0 Å². The molecule has 1 heteroatoms. The van der Waals surface area contributed by atoms with Crippen LogP contribution in [-0.4, -0.2) is 0 Å². The predicted molar refractivity (Wildman–Crippen MR) is 53.6 cm³/mol. The van der Waals surface area contributed by atoms with Gasteiger partial charge in [0, 0.05) is 0 Å². The SMILES string of the molecule is N/C=C\C=C/CC1CC=CCC1. The van der Waals surface area contributed by atoms with Gasteiger partial charge in [0.1, 0.15) is 0 Å². The molecule has 1 rings (SSSR count). The molecule has 0 saturated heterocycles. The van der Waals surface area contributed by atoms with Crippen LogP contribution in [-0.2, 0) is 0 Å². The second-order valence-corrected chi connectivity index (χ2v) is 3.20. The summed E-state index contributed by atoms with van der Waals surface area (Å²) in [6.07, 6.45) is 17.3. The third kappa shape index (κ3) is 3.42. The van der Waals surface area contributed by atoms with E-state index in [1.807, 2.05) is 12.2 Å². The number of hydrogen-bond donors (Lipinski definition) is 1. The molecule has 1 unspecified atom stereocenters. The molecule has 1 nitrogen and oxygen atoms in total. The molecule has 12 heavy (non-hydrogen) atoms. The third-order valence-electron chi connectivity index (χ3n) is 2.21. The van der Waals surface area contributed by atoms with Gasteiger partial charge in [0.25, 0.3) is 0 Å². The van der Waals surface area contributed by atoms with Crippen LogP contribution in [0.15, 0.2) is 36.6 Å². The number of hydrogen-bond acceptors (Lipinski definition) is 1. The average Bonchev–Trinajstić information content (AvgIpc) is 2.14. The minimum absolute atomic E-state index is 0.859. The molecule has 0 aromatic rings. The molecule has 0 aromatic heterocycles. The Hall–Kier alpha value is -0.980. The minimum Gasteiger partial charge on any atom is -0.405 e. The molecule has 0 saturated carbocycles. The van der Waals surface area contributed by atoms with Crippen LogP contribution in [0.3, 0.4) is 0 Å². The zero-order valence-electron chi connectivity index (χ0n) is 7.45. The van der Waals surface area contributed by atoms with Gasteiger partial charge in [-0.3, -0.25) is 0 Å². The monoisotopic (exact) mass is 163 g/mol. The van der Waals surface area contributed by atoms with E-state index in [4.69, 9.17) is 5.73 Å². The number of nitrogens with two attached hydrogens (primary N) is 1. The van der Waals surface area contributed by atoms with E-state index < -0.39 is 0 Å². The first-order valence-corrected chi connectivity index (χ1v) is 4.62. The van der Waals surface area contributed by atoms with Crippen molar-refractivity contribution in [1.29, 1.82) is 0 Å². The Bertz CT molecular complexity index is 189. The zero-order chi connectivity index (χ0) is 8.65. The first-order chi connectivity index (χ1) is 5.93. The highest BCUT2D eigenvalue weighted by Gasteiger charge is 2.06. The number of rotatable bonds is 3. The smallest absolute Gasteiger partial charge is 0.00625 e. The van der Waals surface area contributed by atoms with Gasteiger partial charge in [-0.1, -0.05) is 24.3 Å². The molecule has 0 spiro atoms. The topological polar surface area (TPSA) is 26.0 Å². The van der Waals surface area contributed by atoms with Crippen molar-refractivity contribution in [3.63, 3.8) is 0 Å². The van der Waals surface area contributed by atoms with E-state index in [0.717, 1.165) is 5.92 Å². The van der Waals surface area contributed by atoms with E-state index in [-0.39, 0.29) is 0 Å². The summed E-state index contributed by atoms with van der Waals surface area (Å²) in [5, 5.41) is 0. The summed E-state index contributed by atoms with van der Waals surface area (Å²) in [6.45, 7) is 0. The van der Waals surface area contributed by atoms with E-state index in [1.54, 1.807) is 6.20 Å². The molecule has 0 aromatic carbocycles. The second-order valence-electron chi connectivity index (χ2n) is 3.20. The molecule has 0 fully saturated rings. The van der Waals surface area contributed by atoms with Gasteiger partial charge >= 0.3 is 0 Å². The maximum Gasteiger partial charge on any atom is -0.00625 e. The minimum atomic E-state index is 0.859. The molecular weight excluding hydrogens is 146 g/mol. The average molecular weight is 163 g/mol. The van der Waals surface area contributed by atoms with Crippen molar-refractivity contribution < 1.29 is 0 Å². The Morgan fingerprint density at radius 1 is 1.33 bits per heavy atom. The molecule has 0 aliphatic heterocycles. The lowest BCUT2D eigenvalue weighted by atomic mass is 9.91. The van der Waals surface area contributed by atoms with Crippen LogP contribution >= 0.6 is 0 Å². The van der Waals surface area contributed by atoms with Crippen molar-refractivity contribution in [2.75, 3.05) is 0 Å². The third-order valence-corrected chi connectivity index (χ3v) is 2.21. The van der Waals surface area contributed by atoms with Gasteiger partial charge in [0.15, 0.2) is 0 Å². The Labute approximate surface area is 74.7 Å². The highest BCUT2D eigenvalue weighted by atomic mass is 14.5. The Kier molecular flexibility index (Phi) is 4.28. The first kappa shape index (κ1) is 9.11. The quantitative estimate of drug-likeness (QED) is 0.502. The fourth-order valence-corrected chi connectivity index (χ4v) is 1.48. The summed E-state index contributed by atoms with van der Waals surface area (Å²) in [6, 6.07) is 0. The molecule has 0 bridgehead atoms. The van der Waals surface area contributed by atoms with Crippen molar-refractivity contribution in [2.24, 2.45) is 11.7 Å². The van der Waals surface area contributed by atoms with Gasteiger partial charge in [-0.15, -0.1) is 0 Å². The van der Waals surface area contributed by atoms with Crippen molar-refractivity contribution in [1.82, 2.24) is 0 Å². The van der Waals surface area contributed by atoms with Crippen LogP contribution < -0.4 is 5.73 Å². The molecule has 1 aliphatic rings. The van der Waals surface area contributed by atoms with Gasteiger partial charge < -0.3 is 5.73 Å². The van der Waals surface area contributed by atoms with Crippen LogP contribution in [0.25, 0.3) is 0 Å². The summed E-state index contributed by atoms with van der Waals surface area (Å²) in [4.78, 5) is 0. The van der Waals surface area contributed by atoms with E-state index in [0.29, 0.717) is 0 Å². The van der Waals surface area contributed by atoms with Crippen molar-refractivity contribution in [2.45, 2.75) is 25.7 Å².